The zero-order chi connectivity index (χ0) is 29.3. The van der Waals surface area contributed by atoms with Crippen LogP contribution in [0.5, 0.6) is 5.75 Å². The third-order valence-corrected chi connectivity index (χ3v) is 8.15. The minimum atomic E-state index is -0.575. The zero-order valence-electron chi connectivity index (χ0n) is 26.1. The van der Waals surface area contributed by atoms with Gasteiger partial charge in [0.25, 0.3) is 0 Å². The number of rotatable bonds is 8. The van der Waals surface area contributed by atoms with Crippen molar-refractivity contribution < 1.29 is 24.2 Å². The Kier molecular flexibility index (Phi) is 9.79. The SMILES string of the molecule is CCCCOC(=O)CC(=O)OC(c1cc(C(C)(C)C)c(O)c(C(C)(C)C)c1)C1CC(C)(C)N(C)C(C)(C)C1. The summed E-state index contributed by atoms with van der Waals surface area (Å²) in [5.74, 6) is -0.805. The first-order chi connectivity index (χ1) is 17.2. The zero-order valence-corrected chi connectivity index (χ0v) is 26.1. The first kappa shape index (κ1) is 32.1. The van der Waals surface area contributed by atoms with Crippen LogP contribution in [0.4, 0.5) is 0 Å². The minimum absolute atomic E-state index is 0.0291. The molecule has 1 aromatic carbocycles. The molecule has 1 unspecified atom stereocenters. The molecule has 1 fully saturated rings. The van der Waals surface area contributed by atoms with Crippen molar-refractivity contribution >= 4 is 11.9 Å². The van der Waals surface area contributed by atoms with Crippen LogP contribution in [-0.2, 0) is 29.9 Å². The molecular formula is C32H53NO5. The second-order valence-corrected chi connectivity index (χ2v) is 14.5. The lowest BCUT2D eigenvalue weighted by Gasteiger charge is -2.54. The molecule has 0 saturated carbocycles. The van der Waals surface area contributed by atoms with Crippen LogP contribution in [-0.4, -0.2) is 46.7 Å². The van der Waals surface area contributed by atoms with Gasteiger partial charge in [0.2, 0.25) is 0 Å². The molecule has 0 bridgehead atoms. The summed E-state index contributed by atoms with van der Waals surface area (Å²) in [6.45, 7) is 23.7. The largest absolute Gasteiger partial charge is 0.507 e. The van der Waals surface area contributed by atoms with E-state index in [2.05, 4.69) is 81.2 Å². The molecule has 0 amide bonds. The summed E-state index contributed by atoms with van der Waals surface area (Å²) in [6.07, 6.45) is 2.36. The van der Waals surface area contributed by atoms with E-state index in [1.165, 1.54) is 0 Å². The highest BCUT2D eigenvalue weighted by Crippen LogP contribution is 2.48. The van der Waals surface area contributed by atoms with Gasteiger partial charge in [0, 0.05) is 17.0 Å². The lowest BCUT2D eigenvalue weighted by Crippen LogP contribution is -2.59. The number of unbranched alkanes of at least 4 members (excludes halogenated alkanes) is 1. The standard InChI is InChI=1S/C32H53NO5/c1-13-14-15-37-25(34)18-26(35)38-28(22-19-31(8,9)33(12)32(10,11)20-22)21-16-23(29(2,3)4)27(36)24(17-21)30(5,6)7/h16-17,22,28,36H,13-15,18-20H2,1-12H3. The lowest BCUT2D eigenvalue weighted by molar-refractivity contribution is -0.163. The van der Waals surface area contributed by atoms with Gasteiger partial charge in [-0.1, -0.05) is 54.9 Å². The van der Waals surface area contributed by atoms with Gasteiger partial charge in [0.05, 0.1) is 6.61 Å². The molecule has 1 aromatic rings. The summed E-state index contributed by atoms with van der Waals surface area (Å²) in [6, 6.07) is 4.00. The van der Waals surface area contributed by atoms with Crippen molar-refractivity contribution in [1.29, 1.82) is 0 Å². The first-order valence-corrected chi connectivity index (χ1v) is 14.2. The fourth-order valence-corrected chi connectivity index (χ4v) is 5.75. The van der Waals surface area contributed by atoms with E-state index in [9.17, 15) is 14.7 Å². The Hall–Kier alpha value is -2.08. The van der Waals surface area contributed by atoms with Gasteiger partial charge in [-0.25, -0.2) is 0 Å². The number of carbonyl (C=O) groups excluding carboxylic acids is 2. The van der Waals surface area contributed by atoms with E-state index in [4.69, 9.17) is 9.47 Å². The van der Waals surface area contributed by atoms with Gasteiger partial charge >= 0.3 is 11.9 Å². The Morgan fingerprint density at radius 1 is 0.974 bits per heavy atom. The fraction of sp³-hybridized carbons (Fsp3) is 0.750. The van der Waals surface area contributed by atoms with Crippen LogP contribution in [0.2, 0.25) is 0 Å². The molecule has 216 valence electrons. The van der Waals surface area contributed by atoms with E-state index in [0.29, 0.717) is 12.4 Å². The number of nitrogens with zero attached hydrogens (tertiary/aromatic N) is 1. The molecule has 6 nitrogen and oxygen atoms in total. The summed E-state index contributed by atoms with van der Waals surface area (Å²) in [7, 11) is 2.15. The average molecular weight is 532 g/mol. The highest BCUT2D eigenvalue weighted by molar-refractivity contribution is 5.91. The molecule has 1 aliphatic heterocycles. The van der Waals surface area contributed by atoms with E-state index in [0.717, 1.165) is 42.4 Å². The molecule has 1 N–H and O–H groups in total. The van der Waals surface area contributed by atoms with Crippen molar-refractivity contribution in [1.82, 2.24) is 4.90 Å². The van der Waals surface area contributed by atoms with Crippen LogP contribution in [0.15, 0.2) is 12.1 Å². The van der Waals surface area contributed by atoms with Gasteiger partial charge in [0.1, 0.15) is 18.3 Å². The second kappa shape index (κ2) is 11.6. The molecular weight excluding hydrogens is 478 g/mol. The maximum Gasteiger partial charge on any atom is 0.317 e. The maximum atomic E-state index is 13.1. The number of benzene rings is 1. The van der Waals surface area contributed by atoms with Gasteiger partial charge in [0.15, 0.2) is 0 Å². The summed E-state index contributed by atoms with van der Waals surface area (Å²) >= 11 is 0. The molecule has 1 atom stereocenters. The minimum Gasteiger partial charge on any atom is -0.507 e. The van der Waals surface area contributed by atoms with Gasteiger partial charge in [-0.05, 0) is 93.7 Å². The normalized spacial score (nSPS) is 19.2. The number of carbonyl (C=O) groups is 2. The third kappa shape index (κ3) is 7.74. The van der Waals surface area contributed by atoms with Crippen LogP contribution in [0, 0.1) is 5.92 Å². The van der Waals surface area contributed by atoms with E-state index in [1.54, 1.807) is 0 Å². The number of hydrogen-bond acceptors (Lipinski definition) is 6. The van der Waals surface area contributed by atoms with Crippen molar-refractivity contribution in [2.75, 3.05) is 13.7 Å². The second-order valence-electron chi connectivity index (χ2n) is 14.5. The Morgan fingerprint density at radius 2 is 1.45 bits per heavy atom. The predicted molar refractivity (Wildman–Crippen MR) is 153 cm³/mol. The van der Waals surface area contributed by atoms with Gasteiger partial charge in [-0.2, -0.15) is 0 Å². The number of esters is 2. The molecule has 1 saturated heterocycles. The summed E-state index contributed by atoms with van der Waals surface area (Å²) < 4.78 is 11.4. The van der Waals surface area contributed by atoms with Crippen molar-refractivity contribution in [2.24, 2.45) is 5.92 Å². The Bertz CT molecular complexity index is 943. The summed E-state index contributed by atoms with van der Waals surface area (Å²) in [4.78, 5) is 27.9. The summed E-state index contributed by atoms with van der Waals surface area (Å²) in [5.41, 5.74) is 1.65. The smallest absolute Gasteiger partial charge is 0.317 e. The highest BCUT2D eigenvalue weighted by Gasteiger charge is 2.47. The molecule has 2 rings (SSSR count). The monoisotopic (exact) mass is 531 g/mol. The van der Waals surface area contributed by atoms with Crippen LogP contribution in [0.25, 0.3) is 0 Å². The van der Waals surface area contributed by atoms with E-state index in [1.807, 2.05) is 19.1 Å². The van der Waals surface area contributed by atoms with Crippen molar-refractivity contribution in [3.63, 3.8) is 0 Å². The van der Waals surface area contributed by atoms with Gasteiger partial charge < -0.3 is 14.6 Å². The number of ether oxygens (including phenoxy) is 2. The molecule has 0 aromatic heterocycles. The highest BCUT2D eigenvalue weighted by atomic mass is 16.6. The number of hydrogen-bond donors (Lipinski definition) is 1. The molecule has 0 aliphatic carbocycles. The Balaban J connectivity index is 2.60. The van der Waals surface area contributed by atoms with Gasteiger partial charge in [-0.15, -0.1) is 0 Å². The molecule has 6 heteroatoms. The van der Waals surface area contributed by atoms with Crippen molar-refractivity contribution in [3.8, 4) is 5.75 Å². The van der Waals surface area contributed by atoms with Crippen LogP contribution in [0.1, 0.15) is 131 Å². The lowest BCUT2D eigenvalue weighted by atomic mass is 9.70. The molecule has 0 radical (unpaired) electrons. The number of aromatic hydroxyl groups is 1. The predicted octanol–water partition coefficient (Wildman–Crippen LogP) is 7.20. The maximum absolute atomic E-state index is 13.1. The molecule has 1 aliphatic rings. The quantitative estimate of drug-likeness (QED) is 0.217. The average Bonchev–Trinajstić information content (AvgIpc) is 2.74. The number of phenols is 1. The van der Waals surface area contributed by atoms with Crippen LogP contribution < -0.4 is 0 Å². The fourth-order valence-electron chi connectivity index (χ4n) is 5.75. The van der Waals surface area contributed by atoms with Crippen molar-refractivity contribution in [3.05, 3.63) is 28.8 Å². The Morgan fingerprint density at radius 3 is 1.87 bits per heavy atom. The topological polar surface area (TPSA) is 76.1 Å². The van der Waals surface area contributed by atoms with Crippen LogP contribution in [0.3, 0.4) is 0 Å². The van der Waals surface area contributed by atoms with E-state index in [-0.39, 0.29) is 27.8 Å². The molecule has 0 spiro atoms. The van der Waals surface area contributed by atoms with Gasteiger partial charge in [-0.3, -0.25) is 14.5 Å². The first-order valence-electron chi connectivity index (χ1n) is 14.2. The number of likely N-dealkylation sites (tertiary alicyclic amines) is 1. The number of piperidine rings is 1. The van der Waals surface area contributed by atoms with Crippen molar-refractivity contribution in [2.45, 2.75) is 136 Å². The summed E-state index contributed by atoms with van der Waals surface area (Å²) in [5, 5.41) is 11.3. The van der Waals surface area contributed by atoms with Crippen LogP contribution >= 0.6 is 0 Å². The molecule has 1 heterocycles. The third-order valence-electron chi connectivity index (χ3n) is 8.15. The Labute approximate surface area is 231 Å². The van der Waals surface area contributed by atoms with E-state index < -0.39 is 24.5 Å². The number of phenolic OH excluding ortho intramolecular Hbond substituents is 1. The van der Waals surface area contributed by atoms with E-state index >= 15 is 0 Å². The molecule has 38 heavy (non-hydrogen) atoms.